The molecule has 1 aliphatic rings. The van der Waals surface area contributed by atoms with Gasteiger partial charge in [-0.2, -0.15) is 0 Å². The first-order valence-electron chi connectivity index (χ1n) is 2.96. The van der Waals surface area contributed by atoms with E-state index in [0.717, 1.165) is 0 Å². The summed E-state index contributed by atoms with van der Waals surface area (Å²) >= 11 is 5.17. The Kier molecular flexibility index (Phi) is 1.68. The summed E-state index contributed by atoms with van der Waals surface area (Å²) in [6.45, 7) is 1.52. The van der Waals surface area contributed by atoms with Gasteiger partial charge in [-0.15, -0.1) is 0 Å². The van der Waals surface area contributed by atoms with E-state index in [0.29, 0.717) is 6.42 Å². The molecule has 1 atom stereocenters. The van der Waals surface area contributed by atoms with Gasteiger partial charge in [0.15, 0.2) is 5.60 Å². The minimum absolute atomic E-state index is 0.287. The first kappa shape index (κ1) is 7.54. The lowest BCUT2D eigenvalue weighted by Crippen LogP contribution is -2.30. The molecule has 0 amide bonds. The normalized spacial score (nSPS) is 32.0. The molecule has 1 rings (SSSR count). The number of hydrogen-bond donors (Lipinski definition) is 0. The Balaban J connectivity index is 2.72. The molecule has 1 heterocycles. The molecule has 0 N–H and O–H groups in total. The Morgan fingerprint density at radius 2 is 2.40 bits per heavy atom. The summed E-state index contributed by atoms with van der Waals surface area (Å²) < 4.78 is 4.69. The quantitative estimate of drug-likeness (QED) is 0.424. The predicted molar refractivity (Wildman–Crippen MR) is 34.6 cm³/mol. The average Bonchev–Trinajstić information content (AvgIpc) is 2.13. The Labute approximate surface area is 63.3 Å². The van der Waals surface area contributed by atoms with Gasteiger partial charge in [-0.1, -0.05) is 0 Å². The van der Waals surface area contributed by atoms with E-state index in [9.17, 15) is 9.59 Å². The van der Waals surface area contributed by atoms with E-state index in [2.05, 4.69) is 4.74 Å². The standard InChI is InChI=1S/C6H7ClO3/c1-6(5(7)9)3-2-4(8)10-6/h2-3H2,1H3/t6-/m0/s1. The molecule has 0 bridgehead atoms. The minimum atomic E-state index is -1.06. The van der Waals surface area contributed by atoms with Crippen molar-refractivity contribution in [3.05, 3.63) is 0 Å². The lowest BCUT2D eigenvalue weighted by atomic mass is 10.1. The number of cyclic esters (lactones) is 1. The zero-order valence-corrected chi connectivity index (χ0v) is 6.27. The fourth-order valence-corrected chi connectivity index (χ4v) is 0.965. The first-order valence-corrected chi connectivity index (χ1v) is 3.34. The number of carbonyl (C=O) groups excluding carboxylic acids is 2. The molecule has 0 aromatic carbocycles. The monoisotopic (exact) mass is 162 g/mol. The zero-order chi connectivity index (χ0) is 7.78. The van der Waals surface area contributed by atoms with Crippen LogP contribution in [0.4, 0.5) is 0 Å². The summed E-state index contributed by atoms with van der Waals surface area (Å²) in [5.74, 6) is -0.350. The van der Waals surface area contributed by atoms with Gasteiger partial charge in [0, 0.05) is 12.8 Å². The largest absolute Gasteiger partial charge is 0.450 e. The smallest absolute Gasteiger partial charge is 0.306 e. The molecule has 0 saturated carbocycles. The molecule has 0 aliphatic carbocycles. The van der Waals surface area contributed by atoms with Crippen molar-refractivity contribution in [2.45, 2.75) is 25.4 Å². The summed E-state index contributed by atoms with van der Waals surface area (Å²) in [6.07, 6.45) is 0.684. The third-order valence-corrected chi connectivity index (χ3v) is 1.96. The highest BCUT2D eigenvalue weighted by molar-refractivity contribution is 6.65. The highest BCUT2D eigenvalue weighted by Gasteiger charge is 2.41. The number of esters is 1. The van der Waals surface area contributed by atoms with Crippen molar-refractivity contribution in [2.24, 2.45) is 0 Å². The molecule has 4 heteroatoms. The summed E-state index contributed by atoms with van der Waals surface area (Å²) in [6, 6.07) is 0. The van der Waals surface area contributed by atoms with Crippen molar-refractivity contribution < 1.29 is 14.3 Å². The van der Waals surface area contributed by atoms with E-state index in [4.69, 9.17) is 11.6 Å². The second-order valence-electron chi connectivity index (χ2n) is 2.48. The molecular weight excluding hydrogens is 156 g/mol. The summed E-state index contributed by atoms with van der Waals surface area (Å²) in [4.78, 5) is 21.1. The van der Waals surface area contributed by atoms with E-state index in [1.54, 1.807) is 0 Å². The number of halogens is 1. The Hall–Kier alpha value is -0.570. The van der Waals surface area contributed by atoms with Crippen LogP contribution in [0.2, 0.25) is 0 Å². The maximum atomic E-state index is 10.6. The number of ether oxygens (including phenoxy) is 1. The van der Waals surface area contributed by atoms with Crippen LogP contribution in [0.15, 0.2) is 0 Å². The third kappa shape index (κ3) is 1.14. The second kappa shape index (κ2) is 2.23. The van der Waals surface area contributed by atoms with Gasteiger partial charge in [0.2, 0.25) is 0 Å². The fourth-order valence-electron chi connectivity index (χ4n) is 0.832. The summed E-state index contributed by atoms with van der Waals surface area (Å²) in [5, 5.41) is -0.599. The van der Waals surface area contributed by atoms with Gasteiger partial charge in [0.1, 0.15) is 0 Å². The van der Waals surface area contributed by atoms with Crippen LogP contribution in [0.25, 0.3) is 0 Å². The van der Waals surface area contributed by atoms with Gasteiger partial charge in [0.25, 0.3) is 5.24 Å². The number of rotatable bonds is 1. The average molecular weight is 163 g/mol. The minimum Gasteiger partial charge on any atom is -0.450 e. The summed E-state index contributed by atoms with van der Waals surface area (Å²) in [7, 11) is 0. The topological polar surface area (TPSA) is 43.4 Å². The van der Waals surface area contributed by atoms with Crippen LogP contribution in [-0.2, 0) is 14.3 Å². The van der Waals surface area contributed by atoms with Gasteiger partial charge < -0.3 is 4.74 Å². The van der Waals surface area contributed by atoms with Crippen molar-refractivity contribution in [3.8, 4) is 0 Å². The number of carbonyl (C=O) groups is 2. The molecule has 0 aromatic heterocycles. The molecule has 10 heavy (non-hydrogen) atoms. The van der Waals surface area contributed by atoms with Crippen LogP contribution in [-0.4, -0.2) is 16.8 Å². The molecule has 3 nitrogen and oxygen atoms in total. The van der Waals surface area contributed by atoms with Crippen molar-refractivity contribution in [2.75, 3.05) is 0 Å². The van der Waals surface area contributed by atoms with E-state index < -0.39 is 10.8 Å². The van der Waals surface area contributed by atoms with E-state index in [-0.39, 0.29) is 12.4 Å². The molecule has 1 fully saturated rings. The van der Waals surface area contributed by atoms with Gasteiger partial charge in [0.05, 0.1) is 0 Å². The lowest BCUT2D eigenvalue weighted by Gasteiger charge is -2.15. The Bertz CT molecular complexity index is 189. The molecule has 56 valence electrons. The zero-order valence-electron chi connectivity index (χ0n) is 5.52. The van der Waals surface area contributed by atoms with Crippen LogP contribution in [0, 0.1) is 0 Å². The maximum Gasteiger partial charge on any atom is 0.306 e. The van der Waals surface area contributed by atoms with Gasteiger partial charge in [-0.25, -0.2) is 0 Å². The van der Waals surface area contributed by atoms with Crippen LogP contribution in [0.3, 0.4) is 0 Å². The van der Waals surface area contributed by atoms with E-state index in [1.807, 2.05) is 0 Å². The molecule has 1 aliphatic heterocycles. The highest BCUT2D eigenvalue weighted by Crippen LogP contribution is 2.27. The third-order valence-electron chi connectivity index (χ3n) is 1.56. The Morgan fingerprint density at radius 1 is 1.80 bits per heavy atom. The summed E-state index contributed by atoms with van der Waals surface area (Å²) in [5.41, 5.74) is -1.06. The van der Waals surface area contributed by atoms with Crippen molar-refractivity contribution in [1.29, 1.82) is 0 Å². The molecule has 0 spiro atoms. The van der Waals surface area contributed by atoms with Gasteiger partial charge in [-0.05, 0) is 18.5 Å². The molecule has 0 radical (unpaired) electrons. The van der Waals surface area contributed by atoms with Crippen LogP contribution >= 0.6 is 11.6 Å². The lowest BCUT2D eigenvalue weighted by molar-refractivity contribution is -0.152. The van der Waals surface area contributed by atoms with Crippen LogP contribution in [0.5, 0.6) is 0 Å². The first-order chi connectivity index (χ1) is 4.54. The van der Waals surface area contributed by atoms with Crippen LogP contribution in [0.1, 0.15) is 19.8 Å². The maximum absolute atomic E-state index is 10.6. The van der Waals surface area contributed by atoms with Gasteiger partial charge in [-0.3, -0.25) is 9.59 Å². The van der Waals surface area contributed by atoms with Crippen molar-refractivity contribution in [3.63, 3.8) is 0 Å². The molecule has 0 unspecified atom stereocenters. The van der Waals surface area contributed by atoms with Crippen molar-refractivity contribution >= 4 is 22.8 Å². The molecular formula is C6H7ClO3. The molecule has 0 aromatic rings. The fraction of sp³-hybridized carbons (Fsp3) is 0.667. The van der Waals surface area contributed by atoms with Gasteiger partial charge >= 0.3 is 5.97 Å². The predicted octanol–water partition coefficient (Wildman–Crippen LogP) is 0.847. The van der Waals surface area contributed by atoms with E-state index in [1.165, 1.54) is 6.92 Å². The van der Waals surface area contributed by atoms with E-state index >= 15 is 0 Å². The molecule has 1 saturated heterocycles. The van der Waals surface area contributed by atoms with Crippen molar-refractivity contribution in [1.82, 2.24) is 0 Å². The number of hydrogen-bond acceptors (Lipinski definition) is 3. The Morgan fingerprint density at radius 3 is 2.60 bits per heavy atom. The SMILES string of the molecule is C[C@@]1(C(=O)Cl)CCC(=O)O1. The second-order valence-corrected chi connectivity index (χ2v) is 2.82. The van der Waals surface area contributed by atoms with Crippen LogP contribution < -0.4 is 0 Å². The highest BCUT2D eigenvalue weighted by atomic mass is 35.5.